The van der Waals surface area contributed by atoms with Crippen molar-refractivity contribution in [3.63, 3.8) is 0 Å². The van der Waals surface area contributed by atoms with Crippen LogP contribution in [0.5, 0.6) is 0 Å². The van der Waals surface area contributed by atoms with Gasteiger partial charge in [0.05, 0.1) is 6.10 Å². The molecule has 1 aromatic carbocycles. The van der Waals surface area contributed by atoms with Crippen LogP contribution in [-0.4, -0.2) is 41.9 Å². The SMILES string of the molecule is Cc1cccc(C(O)CCN(C)CCCCCO)c1. The van der Waals surface area contributed by atoms with Gasteiger partial charge in [-0.15, -0.1) is 0 Å². The van der Waals surface area contributed by atoms with Crippen molar-refractivity contribution in [2.75, 3.05) is 26.7 Å². The van der Waals surface area contributed by atoms with Gasteiger partial charge in [0, 0.05) is 13.2 Å². The van der Waals surface area contributed by atoms with Gasteiger partial charge >= 0.3 is 0 Å². The van der Waals surface area contributed by atoms with Crippen molar-refractivity contribution in [1.29, 1.82) is 0 Å². The van der Waals surface area contributed by atoms with E-state index < -0.39 is 0 Å². The molecule has 0 radical (unpaired) electrons. The van der Waals surface area contributed by atoms with Crippen molar-refractivity contribution in [3.05, 3.63) is 35.4 Å². The predicted molar refractivity (Wildman–Crippen MR) is 79.2 cm³/mol. The highest BCUT2D eigenvalue weighted by atomic mass is 16.3. The fourth-order valence-electron chi connectivity index (χ4n) is 2.17. The molecule has 1 atom stereocenters. The molecule has 3 nitrogen and oxygen atoms in total. The van der Waals surface area contributed by atoms with E-state index in [1.54, 1.807) is 0 Å². The van der Waals surface area contributed by atoms with E-state index in [2.05, 4.69) is 11.9 Å². The van der Waals surface area contributed by atoms with Gasteiger partial charge in [0.15, 0.2) is 0 Å². The summed E-state index contributed by atoms with van der Waals surface area (Å²) in [6.45, 7) is 4.26. The molecular formula is C16H27NO2. The first-order valence-electron chi connectivity index (χ1n) is 7.17. The molecule has 0 saturated carbocycles. The van der Waals surface area contributed by atoms with Crippen molar-refractivity contribution in [3.8, 4) is 0 Å². The lowest BCUT2D eigenvalue weighted by molar-refractivity contribution is 0.148. The highest BCUT2D eigenvalue weighted by Crippen LogP contribution is 2.17. The normalized spacial score (nSPS) is 12.9. The quantitative estimate of drug-likeness (QED) is 0.674. The van der Waals surface area contributed by atoms with Gasteiger partial charge in [0.2, 0.25) is 0 Å². The van der Waals surface area contributed by atoms with Gasteiger partial charge in [-0.3, -0.25) is 0 Å². The van der Waals surface area contributed by atoms with Crippen LogP contribution >= 0.6 is 0 Å². The zero-order chi connectivity index (χ0) is 14.1. The lowest BCUT2D eigenvalue weighted by Crippen LogP contribution is -2.22. The summed E-state index contributed by atoms with van der Waals surface area (Å²) >= 11 is 0. The van der Waals surface area contributed by atoms with E-state index in [1.165, 1.54) is 5.56 Å². The number of nitrogens with zero attached hydrogens (tertiary/aromatic N) is 1. The van der Waals surface area contributed by atoms with Crippen molar-refractivity contribution in [1.82, 2.24) is 4.90 Å². The molecule has 1 rings (SSSR count). The van der Waals surface area contributed by atoms with Crippen LogP contribution in [0, 0.1) is 6.92 Å². The molecular weight excluding hydrogens is 238 g/mol. The zero-order valence-electron chi connectivity index (χ0n) is 12.2. The first-order chi connectivity index (χ1) is 9.13. The third-order valence-electron chi connectivity index (χ3n) is 3.41. The zero-order valence-corrected chi connectivity index (χ0v) is 12.2. The maximum Gasteiger partial charge on any atom is 0.0802 e. The molecule has 1 aromatic rings. The average Bonchev–Trinajstić information content (AvgIpc) is 2.41. The summed E-state index contributed by atoms with van der Waals surface area (Å²) < 4.78 is 0. The smallest absolute Gasteiger partial charge is 0.0802 e. The Bertz CT molecular complexity index is 354. The van der Waals surface area contributed by atoms with E-state index in [4.69, 9.17) is 5.11 Å². The number of unbranched alkanes of at least 4 members (excludes halogenated alkanes) is 2. The fraction of sp³-hybridized carbons (Fsp3) is 0.625. The van der Waals surface area contributed by atoms with Gasteiger partial charge in [-0.2, -0.15) is 0 Å². The Morgan fingerprint density at radius 2 is 1.95 bits per heavy atom. The van der Waals surface area contributed by atoms with Gasteiger partial charge in [0.25, 0.3) is 0 Å². The maximum atomic E-state index is 10.1. The van der Waals surface area contributed by atoms with Crippen molar-refractivity contribution < 1.29 is 10.2 Å². The topological polar surface area (TPSA) is 43.7 Å². The molecule has 2 N–H and O–H groups in total. The van der Waals surface area contributed by atoms with Crippen LogP contribution in [0.1, 0.15) is 42.9 Å². The minimum absolute atomic E-state index is 0.287. The molecule has 0 bridgehead atoms. The molecule has 108 valence electrons. The minimum atomic E-state index is -0.375. The lowest BCUT2D eigenvalue weighted by Gasteiger charge is -2.19. The van der Waals surface area contributed by atoms with E-state index in [0.717, 1.165) is 44.3 Å². The first kappa shape index (κ1) is 16.2. The second kappa shape index (κ2) is 9.08. The number of benzene rings is 1. The molecule has 19 heavy (non-hydrogen) atoms. The fourth-order valence-corrected chi connectivity index (χ4v) is 2.17. The molecule has 1 unspecified atom stereocenters. The molecule has 3 heteroatoms. The largest absolute Gasteiger partial charge is 0.396 e. The highest BCUT2D eigenvalue weighted by Gasteiger charge is 2.08. The monoisotopic (exact) mass is 265 g/mol. The standard InChI is InChI=1S/C16H27NO2/c1-14-7-6-8-15(13-14)16(19)9-11-17(2)10-4-3-5-12-18/h6-8,13,16,18-19H,3-5,9-12H2,1-2H3. The Morgan fingerprint density at radius 1 is 1.16 bits per heavy atom. The number of aliphatic hydroxyl groups excluding tert-OH is 2. The van der Waals surface area contributed by atoms with Crippen LogP contribution in [0.25, 0.3) is 0 Å². The van der Waals surface area contributed by atoms with Crippen LogP contribution in [0.2, 0.25) is 0 Å². The summed E-state index contributed by atoms with van der Waals surface area (Å²) in [6, 6.07) is 8.07. The predicted octanol–water partition coefficient (Wildman–Crippen LogP) is 2.51. The van der Waals surface area contributed by atoms with E-state index >= 15 is 0 Å². The number of hydrogen-bond donors (Lipinski definition) is 2. The summed E-state index contributed by atoms with van der Waals surface area (Å²) in [5.74, 6) is 0. The number of rotatable bonds is 9. The van der Waals surface area contributed by atoms with Crippen LogP contribution in [0.15, 0.2) is 24.3 Å². The van der Waals surface area contributed by atoms with Crippen LogP contribution in [-0.2, 0) is 0 Å². The minimum Gasteiger partial charge on any atom is -0.396 e. The van der Waals surface area contributed by atoms with Gasteiger partial charge in [-0.1, -0.05) is 29.8 Å². The molecule has 0 saturated heterocycles. The third kappa shape index (κ3) is 6.71. The molecule has 0 aliphatic heterocycles. The van der Waals surface area contributed by atoms with Gasteiger partial charge in [-0.05, 0) is 51.8 Å². The summed E-state index contributed by atoms with van der Waals surface area (Å²) in [6.07, 6.45) is 3.46. The van der Waals surface area contributed by atoms with E-state index in [0.29, 0.717) is 0 Å². The molecule has 0 aliphatic carbocycles. The number of aliphatic hydroxyl groups is 2. The average molecular weight is 265 g/mol. The Kier molecular flexibility index (Phi) is 7.72. The first-order valence-corrected chi connectivity index (χ1v) is 7.17. The maximum absolute atomic E-state index is 10.1. The molecule has 0 aromatic heterocycles. The van der Waals surface area contributed by atoms with Crippen LogP contribution in [0.4, 0.5) is 0 Å². The summed E-state index contributed by atoms with van der Waals surface area (Å²) in [4.78, 5) is 2.25. The Labute approximate surface area is 116 Å². The van der Waals surface area contributed by atoms with E-state index in [1.807, 2.05) is 31.2 Å². The van der Waals surface area contributed by atoms with Crippen molar-refractivity contribution in [2.24, 2.45) is 0 Å². The van der Waals surface area contributed by atoms with Gasteiger partial charge in [0.1, 0.15) is 0 Å². The van der Waals surface area contributed by atoms with E-state index in [-0.39, 0.29) is 12.7 Å². The Hall–Kier alpha value is -0.900. The summed E-state index contributed by atoms with van der Waals surface area (Å²) in [5.41, 5.74) is 2.20. The molecule has 0 heterocycles. The molecule has 0 fully saturated rings. The summed E-state index contributed by atoms with van der Waals surface area (Å²) in [7, 11) is 2.09. The Balaban J connectivity index is 2.24. The third-order valence-corrected chi connectivity index (χ3v) is 3.41. The number of hydrogen-bond acceptors (Lipinski definition) is 3. The van der Waals surface area contributed by atoms with Gasteiger partial charge < -0.3 is 15.1 Å². The lowest BCUT2D eigenvalue weighted by atomic mass is 10.0. The van der Waals surface area contributed by atoms with Crippen LogP contribution in [0.3, 0.4) is 0 Å². The van der Waals surface area contributed by atoms with Crippen LogP contribution < -0.4 is 0 Å². The van der Waals surface area contributed by atoms with Crippen molar-refractivity contribution in [2.45, 2.75) is 38.7 Å². The molecule has 0 amide bonds. The highest BCUT2D eigenvalue weighted by molar-refractivity contribution is 5.23. The molecule has 0 spiro atoms. The second-order valence-corrected chi connectivity index (χ2v) is 5.31. The number of aryl methyl sites for hydroxylation is 1. The summed E-state index contributed by atoms with van der Waals surface area (Å²) in [5, 5.41) is 18.9. The van der Waals surface area contributed by atoms with Gasteiger partial charge in [-0.25, -0.2) is 0 Å². The van der Waals surface area contributed by atoms with E-state index in [9.17, 15) is 5.11 Å². The second-order valence-electron chi connectivity index (χ2n) is 5.31. The molecule has 0 aliphatic rings. The van der Waals surface area contributed by atoms with Crippen molar-refractivity contribution >= 4 is 0 Å². The Morgan fingerprint density at radius 3 is 2.63 bits per heavy atom.